The van der Waals surface area contributed by atoms with Gasteiger partial charge in [-0.3, -0.25) is 19.8 Å². The second-order valence-electron chi connectivity index (χ2n) is 8.35. The summed E-state index contributed by atoms with van der Waals surface area (Å²) in [5.41, 5.74) is 0.885. The average Bonchev–Trinajstić information content (AvgIpc) is 3.24. The van der Waals surface area contributed by atoms with Gasteiger partial charge in [0.2, 0.25) is 0 Å². The molecule has 0 radical (unpaired) electrons. The standard InChI is InChI=1S/C23H26FN5O3S.ClH/c1-26(2)13-14-28(23-25-21-17(24)7-6-8-20(21)33-23)22(30)16-9-10-18(19(15-16)29(31)32)27-11-4-3-5-12-27;/h6-10,15H,3-5,11-14H2,1-2H3;1H. The first-order valence-electron chi connectivity index (χ1n) is 10.9. The highest BCUT2D eigenvalue weighted by Crippen LogP contribution is 2.34. The van der Waals surface area contributed by atoms with E-state index in [1.165, 1.54) is 28.4 Å². The number of fused-ring (bicyclic) bond motifs is 1. The van der Waals surface area contributed by atoms with Crippen molar-refractivity contribution in [3.63, 3.8) is 0 Å². The van der Waals surface area contributed by atoms with E-state index in [1.807, 2.05) is 23.9 Å². The Morgan fingerprint density at radius 3 is 2.56 bits per heavy atom. The Morgan fingerprint density at radius 2 is 1.91 bits per heavy atom. The van der Waals surface area contributed by atoms with Gasteiger partial charge in [-0.15, -0.1) is 12.4 Å². The molecule has 0 bridgehead atoms. The van der Waals surface area contributed by atoms with E-state index in [4.69, 9.17) is 0 Å². The van der Waals surface area contributed by atoms with Gasteiger partial charge in [-0.1, -0.05) is 17.4 Å². The molecule has 1 amide bonds. The van der Waals surface area contributed by atoms with Crippen LogP contribution in [-0.2, 0) is 0 Å². The van der Waals surface area contributed by atoms with Crippen LogP contribution in [0.2, 0.25) is 0 Å². The number of aromatic nitrogens is 1. The lowest BCUT2D eigenvalue weighted by atomic mass is 10.1. The molecule has 11 heteroatoms. The van der Waals surface area contributed by atoms with Crippen LogP contribution in [0.3, 0.4) is 0 Å². The van der Waals surface area contributed by atoms with E-state index in [0.29, 0.717) is 28.6 Å². The Balaban J connectivity index is 0.00000324. The summed E-state index contributed by atoms with van der Waals surface area (Å²) in [6.45, 7) is 2.40. The maximum Gasteiger partial charge on any atom is 0.293 e. The maximum absolute atomic E-state index is 14.2. The van der Waals surface area contributed by atoms with E-state index in [1.54, 1.807) is 24.3 Å². The minimum atomic E-state index is -0.448. The van der Waals surface area contributed by atoms with Gasteiger partial charge in [-0.05, 0) is 57.6 Å². The molecule has 182 valence electrons. The van der Waals surface area contributed by atoms with Crippen LogP contribution < -0.4 is 9.80 Å². The third-order valence-electron chi connectivity index (χ3n) is 5.72. The zero-order valence-corrected chi connectivity index (χ0v) is 20.7. The van der Waals surface area contributed by atoms with E-state index in [9.17, 15) is 19.3 Å². The molecule has 2 heterocycles. The Morgan fingerprint density at radius 1 is 1.18 bits per heavy atom. The zero-order chi connectivity index (χ0) is 23.5. The number of nitro groups is 1. The molecule has 4 rings (SSSR count). The topological polar surface area (TPSA) is 82.8 Å². The van der Waals surface area contributed by atoms with Crippen molar-refractivity contribution in [2.75, 3.05) is 50.1 Å². The summed E-state index contributed by atoms with van der Waals surface area (Å²) in [5, 5.41) is 12.2. The van der Waals surface area contributed by atoms with Gasteiger partial charge in [0, 0.05) is 37.8 Å². The monoisotopic (exact) mass is 507 g/mol. The lowest BCUT2D eigenvalue weighted by Gasteiger charge is -2.28. The highest BCUT2D eigenvalue weighted by Gasteiger charge is 2.27. The summed E-state index contributed by atoms with van der Waals surface area (Å²) in [7, 11) is 3.78. The van der Waals surface area contributed by atoms with Gasteiger partial charge in [0.1, 0.15) is 17.0 Å². The van der Waals surface area contributed by atoms with Crippen molar-refractivity contribution in [1.29, 1.82) is 0 Å². The van der Waals surface area contributed by atoms with Gasteiger partial charge in [0.25, 0.3) is 11.6 Å². The molecule has 0 unspecified atom stereocenters. The summed E-state index contributed by atoms with van der Waals surface area (Å²) in [6.07, 6.45) is 3.10. The molecule has 0 atom stereocenters. The number of para-hydroxylation sites is 1. The number of likely N-dealkylation sites (N-methyl/N-ethyl adjacent to an activating group) is 1. The second kappa shape index (κ2) is 11.1. The number of benzene rings is 2. The predicted octanol–water partition coefficient (Wildman–Crippen LogP) is 4.96. The molecule has 8 nitrogen and oxygen atoms in total. The van der Waals surface area contributed by atoms with Crippen LogP contribution in [0.15, 0.2) is 36.4 Å². The van der Waals surface area contributed by atoms with Crippen LogP contribution >= 0.6 is 23.7 Å². The van der Waals surface area contributed by atoms with Crippen LogP contribution in [0.5, 0.6) is 0 Å². The van der Waals surface area contributed by atoms with Crippen molar-refractivity contribution in [2.24, 2.45) is 0 Å². The van der Waals surface area contributed by atoms with E-state index in [2.05, 4.69) is 4.98 Å². The molecule has 3 aromatic rings. The molecule has 1 aliphatic heterocycles. The van der Waals surface area contributed by atoms with Gasteiger partial charge < -0.3 is 9.80 Å². The first-order chi connectivity index (χ1) is 15.8. The number of anilines is 2. The number of nitrogens with zero attached hydrogens (tertiary/aromatic N) is 5. The third kappa shape index (κ3) is 5.45. The Kier molecular flexibility index (Phi) is 8.40. The van der Waals surface area contributed by atoms with E-state index in [0.717, 1.165) is 32.4 Å². The summed E-state index contributed by atoms with van der Waals surface area (Å²) in [4.78, 5) is 34.7. The smallest absolute Gasteiger partial charge is 0.293 e. The number of nitro benzene ring substituents is 1. The summed E-state index contributed by atoms with van der Waals surface area (Å²) in [5.74, 6) is -0.846. The number of halogens is 2. The van der Waals surface area contributed by atoms with E-state index >= 15 is 0 Å². The summed E-state index contributed by atoms with van der Waals surface area (Å²) in [6, 6.07) is 9.35. The summed E-state index contributed by atoms with van der Waals surface area (Å²) >= 11 is 1.22. The molecule has 0 spiro atoms. The molecule has 1 aromatic heterocycles. The number of thiazole rings is 1. The fourth-order valence-electron chi connectivity index (χ4n) is 3.96. The van der Waals surface area contributed by atoms with Gasteiger partial charge in [-0.2, -0.15) is 0 Å². The molecular formula is C23H27ClFN5O3S. The minimum absolute atomic E-state index is 0. The minimum Gasteiger partial charge on any atom is -0.366 e. The number of rotatable bonds is 7. The number of carbonyl (C=O) groups excluding carboxylic acids is 1. The van der Waals surface area contributed by atoms with Crippen LogP contribution in [0.25, 0.3) is 10.2 Å². The van der Waals surface area contributed by atoms with Crippen LogP contribution in [0.1, 0.15) is 29.6 Å². The lowest BCUT2D eigenvalue weighted by molar-refractivity contribution is -0.384. The number of hydrogen-bond donors (Lipinski definition) is 0. The Labute approximate surface area is 207 Å². The first kappa shape index (κ1) is 25.8. The highest BCUT2D eigenvalue weighted by atomic mass is 35.5. The largest absolute Gasteiger partial charge is 0.366 e. The zero-order valence-electron chi connectivity index (χ0n) is 19.1. The van der Waals surface area contributed by atoms with Crippen molar-refractivity contribution >= 4 is 56.4 Å². The van der Waals surface area contributed by atoms with Crippen molar-refractivity contribution in [3.05, 3.63) is 57.9 Å². The van der Waals surface area contributed by atoms with Crippen LogP contribution in [0, 0.1) is 15.9 Å². The third-order valence-corrected chi connectivity index (χ3v) is 6.76. The van der Waals surface area contributed by atoms with Gasteiger partial charge in [0.15, 0.2) is 5.13 Å². The molecule has 0 saturated carbocycles. The van der Waals surface area contributed by atoms with Crippen molar-refractivity contribution in [1.82, 2.24) is 9.88 Å². The molecule has 1 fully saturated rings. The average molecular weight is 508 g/mol. The van der Waals surface area contributed by atoms with Gasteiger partial charge in [-0.25, -0.2) is 9.37 Å². The second-order valence-corrected chi connectivity index (χ2v) is 9.36. The molecule has 2 aromatic carbocycles. The number of amides is 1. The summed E-state index contributed by atoms with van der Waals surface area (Å²) < 4.78 is 14.9. The Hall–Kier alpha value is -2.82. The molecule has 0 aliphatic carbocycles. The highest BCUT2D eigenvalue weighted by molar-refractivity contribution is 7.22. The normalized spacial score (nSPS) is 13.7. The van der Waals surface area contributed by atoms with Crippen LogP contribution in [-0.4, -0.2) is 61.0 Å². The predicted molar refractivity (Wildman–Crippen MR) is 136 cm³/mol. The number of hydrogen-bond acceptors (Lipinski definition) is 7. The molecule has 1 saturated heterocycles. The van der Waals surface area contributed by atoms with Gasteiger partial charge in [0.05, 0.1) is 9.62 Å². The van der Waals surface area contributed by atoms with Crippen molar-refractivity contribution in [2.45, 2.75) is 19.3 Å². The fraction of sp³-hybridized carbons (Fsp3) is 0.391. The number of piperidine rings is 1. The quantitative estimate of drug-likeness (QED) is 0.332. The molecule has 0 N–H and O–H groups in total. The van der Waals surface area contributed by atoms with Gasteiger partial charge >= 0.3 is 0 Å². The van der Waals surface area contributed by atoms with E-state index in [-0.39, 0.29) is 29.2 Å². The SMILES string of the molecule is CN(C)CCN(C(=O)c1ccc(N2CCCCC2)c([N+](=O)[O-])c1)c1nc2c(F)cccc2s1.Cl. The molecule has 1 aliphatic rings. The van der Waals surface area contributed by atoms with Crippen molar-refractivity contribution in [3.8, 4) is 0 Å². The maximum atomic E-state index is 14.2. The van der Waals surface area contributed by atoms with Crippen LogP contribution in [0.4, 0.5) is 20.9 Å². The number of carbonyl (C=O) groups is 1. The molecular weight excluding hydrogens is 481 g/mol. The van der Waals surface area contributed by atoms with E-state index < -0.39 is 16.6 Å². The lowest BCUT2D eigenvalue weighted by Crippen LogP contribution is -2.37. The van der Waals surface area contributed by atoms with Crippen molar-refractivity contribution < 1.29 is 14.1 Å². The fourth-order valence-corrected chi connectivity index (χ4v) is 4.97. The first-order valence-corrected chi connectivity index (χ1v) is 11.7. The Bertz CT molecular complexity index is 1180. The molecule has 34 heavy (non-hydrogen) atoms.